The average Bonchev–Trinajstić information content (AvgIpc) is 3.44. The third-order valence-corrected chi connectivity index (χ3v) is 5.74. The molecule has 0 atom stereocenters. The third-order valence-electron chi connectivity index (χ3n) is 5.74. The van der Waals surface area contributed by atoms with Gasteiger partial charge in [-0.1, -0.05) is 12.1 Å². The molecule has 5 rings (SSSR count). The van der Waals surface area contributed by atoms with Crippen molar-refractivity contribution >= 4 is 22.8 Å². The van der Waals surface area contributed by atoms with Crippen molar-refractivity contribution in [3.05, 3.63) is 54.2 Å². The molecule has 0 amide bonds. The second-order valence-corrected chi connectivity index (χ2v) is 7.62. The van der Waals surface area contributed by atoms with Crippen LogP contribution in [-0.4, -0.2) is 55.1 Å². The maximum Gasteiger partial charge on any atom is 0.162 e. The molecule has 1 aliphatic heterocycles. The van der Waals surface area contributed by atoms with Gasteiger partial charge in [-0.05, 0) is 24.3 Å². The van der Waals surface area contributed by atoms with E-state index in [1.165, 1.54) is 0 Å². The van der Waals surface area contributed by atoms with Gasteiger partial charge in [0.15, 0.2) is 23.0 Å². The summed E-state index contributed by atoms with van der Waals surface area (Å²) in [6.07, 6.45) is 1.56. The number of methoxy groups -OCH3 is 2. The highest BCUT2D eigenvalue weighted by Crippen LogP contribution is 2.36. The van der Waals surface area contributed by atoms with Crippen molar-refractivity contribution in [3.8, 4) is 28.8 Å². The Kier molecular flexibility index (Phi) is 5.50. The van der Waals surface area contributed by atoms with Gasteiger partial charge in [-0.15, -0.1) is 0 Å². The van der Waals surface area contributed by atoms with Gasteiger partial charge < -0.3 is 29.4 Å². The number of benzene rings is 2. The first-order chi connectivity index (χ1) is 16.2. The molecule has 1 fully saturated rings. The first kappa shape index (κ1) is 20.7. The predicted molar refractivity (Wildman–Crippen MR) is 126 cm³/mol. The number of nitriles is 1. The van der Waals surface area contributed by atoms with Gasteiger partial charge in [0.25, 0.3) is 0 Å². The van der Waals surface area contributed by atoms with E-state index in [1.54, 1.807) is 24.9 Å². The Morgan fingerprint density at radius 1 is 1.09 bits per heavy atom. The van der Waals surface area contributed by atoms with Crippen LogP contribution in [0.3, 0.4) is 0 Å². The smallest absolute Gasteiger partial charge is 0.162 e. The minimum atomic E-state index is 0.473. The predicted octanol–water partition coefficient (Wildman–Crippen LogP) is 3.80. The van der Waals surface area contributed by atoms with Gasteiger partial charge in [-0.2, -0.15) is 14.9 Å². The lowest BCUT2D eigenvalue weighted by Crippen LogP contribution is -2.36. The summed E-state index contributed by atoms with van der Waals surface area (Å²) in [6, 6.07) is 16.1. The number of aromatic amines is 1. The lowest BCUT2D eigenvalue weighted by Gasteiger charge is -2.29. The average molecular weight is 444 g/mol. The highest BCUT2D eigenvalue weighted by atomic mass is 16.5. The van der Waals surface area contributed by atoms with Crippen LogP contribution < -0.4 is 19.7 Å². The fraction of sp³-hybridized carbons (Fsp3) is 0.250. The van der Waals surface area contributed by atoms with E-state index in [0.29, 0.717) is 22.7 Å². The third kappa shape index (κ3) is 3.81. The van der Waals surface area contributed by atoms with Crippen LogP contribution >= 0.6 is 0 Å². The molecule has 1 aliphatic rings. The topological polar surface area (TPSA) is 99.8 Å². The molecule has 0 bridgehead atoms. The zero-order valence-corrected chi connectivity index (χ0v) is 18.5. The molecular weight excluding hydrogens is 420 g/mol. The van der Waals surface area contributed by atoms with Crippen molar-refractivity contribution in [1.29, 1.82) is 5.26 Å². The van der Waals surface area contributed by atoms with Crippen molar-refractivity contribution in [2.24, 2.45) is 0 Å². The highest BCUT2D eigenvalue weighted by Gasteiger charge is 2.19. The lowest BCUT2D eigenvalue weighted by molar-refractivity contribution is 0.122. The lowest BCUT2D eigenvalue weighted by atomic mass is 10.1. The quantitative estimate of drug-likeness (QED) is 0.467. The highest BCUT2D eigenvalue weighted by molar-refractivity contribution is 5.82. The van der Waals surface area contributed by atoms with Crippen LogP contribution in [0.1, 0.15) is 5.56 Å². The molecule has 4 aromatic rings. The molecule has 1 saturated heterocycles. The molecule has 0 radical (unpaired) electrons. The number of aromatic nitrogens is 3. The number of nitrogens with zero attached hydrogens (tertiary/aromatic N) is 4. The zero-order chi connectivity index (χ0) is 22.8. The van der Waals surface area contributed by atoms with Gasteiger partial charge in [0.1, 0.15) is 11.6 Å². The molecular formula is C24H24N6O3. The normalized spacial score (nSPS) is 13.7. The number of ether oxygens (including phenoxy) is 3. The number of hydrogen-bond donors (Lipinski definition) is 2. The second-order valence-electron chi connectivity index (χ2n) is 7.62. The molecule has 2 aromatic carbocycles. The van der Waals surface area contributed by atoms with Crippen molar-refractivity contribution in [3.63, 3.8) is 0 Å². The van der Waals surface area contributed by atoms with Crippen molar-refractivity contribution in [2.75, 3.05) is 50.7 Å². The SMILES string of the molecule is COc1ccc(Nc2c(-c3cccc(N4CCOCC4)c3)[nH]c3c(C#N)cnn23)cc1OC. The first-order valence-electron chi connectivity index (χ1n) is 10.6. The summed E-state index contributed by atoms with van der Waals surface area (Å²) in [5.74, 6) is 1.98. The Balaban J connectivity index is 1.59. The van der Waals surface area contributed by atoms with Crippen LogP contribution in [0.2, 0.25) is 0 Å². The molecule has 9 nitrogen and oxygen atoms in total. The van der Waals surface area contributed by atoms with E-state index in [1.807, 2.05) is 30.3 Å². The molecule has 0 unspecified atom stereocenters. The molecule has 33 heavy (non-hydrogen) atoms. The van der Waals surface area contributed by atoms with Crippen molar-refractivity contribution in [2.45, 2.75) is 0 Å². The van der Waals surface area contributed by atoms with Gasteiger partial charge in [0.05, 0.1) is 39.3 Å². The Labute approximate surface area is 191 Å². The maximum absolute atomic E-state index is 9.53. The first-order valence-corrected chi connectivity index (χ1v) is 10.6. The van der Waals surface area contributed by atoms with E-state index in [9.17, 15) is 5.26 Å². The van der Waals surface area contributed by atoms with Crippen LogP contribution in [-0.2, 0) is 4.74 Å². The van der Waals surface area contributed by atoms with Gasteiger partial charge in [-0.3, -0.25) is 0 Å². The summed E-state index contributed by atoms with van der Waals surface area (Å²) in [5, 5.41) is 17.4. The van der Waals surface area contributed by atoms with E-state index >= 15 is 0 Å². The van der Waals surface area contributed by atoms with E-state index in [2.05, 4.69) is 38.5 Å². The van der Waals surface area contributed by atoms with E-state index in [4.69, 9.17) is 14.2 Å². The summed E-state index contributed by atoms with van der Waals surface area (Å²) in [4.78, 5) is 5.71. The van der Waals surface area contributed by atoms with Crippen molar-refractivity contribution in [1.82, 2.24) is 14.6 Å². The minimum absolute atomic E-state index is 0.473. The minimum Gasteiger partial charge on any atom is -0.493 e. The second kappa shape index (κ2) is 8.76. The molecule has 2 N–H and O–H groups in total. The van der Waals surface area contributed by atoms with Crippen molar-refractivity contribution < 1.29 is 14.2 Å². The monoisotopic (exact) mass is 444 g/mol. The Bertz CT molecular complexity index is 1330. The number of nitrogens with one attached hydrogen (secondary N) is 2. The van der Waals surface area contributed by atoms with E-state index < -0.39 is 0 Å². The number of rotatable bonds is 6. The van der Waals surface area contributed by atoms with Crippen LogP contribution in [0.5, 0.6) is 11.5 Å². The Morgan fingerprint density at radius 2 is 1.91 bits per heavy atom. The number of anilines is 3. The summed E-state index contributed by atoms with van der Waals surface area (Å²) in [6.45, 7) is 3.15. The maximum atomic E-state index is 9.53. The van der Waals surface area contributed by atoms with E-state index in [0.717, 1.165) is 54.8 Å². The molecule has 168 valence electrons. The van der Waals surface area contributed by atoms with Crippen LogP contribution in [0.15, 0.2) is 48.7 Å². The number of H-pyrrole nitrogens is 1. The fourth-order valence-corrected chi connectivity index (χ4v) is 4.06. The number of fused-ring (bicyclic) bond motifs is 1. The molecule has 0 saturated carbocycles. The van der Waals surface area contributed by atoms with Gasteiger partial charge in [0.2, 0.25) is 0 Å². The zero-order valence-electron chi connectivity index (χ0n) is 18.5. The Hall–Kier alpha value is -4.16. The fourth-order valence-electron chi connectivity index (χ4n) is 4.06. The summed E-state index contributed by atoms with van der Waals surface area (Å²) >= 11 is 0. The molecule has 0 spiro atoms. The number of hydrogen-bond acceptors (Lipinski definition) is 7. The van der Waals surface area contributed by atoms with Crippen LogP contribution in [0, 0.1) is 11.3 Å². The van der Waals surface area contributed by atoms with Crippen LogP contribution in [0.4, 0.5) is 17.2 Å². The standard InChI is InChI=1S/C24H24N6O3/c1-31-20-7-6-18(13-21(20)32-2)27-24-22(28-23-17(14-25)15-26-30(23)24)16-4-3-5-19(12-16)29-8-10-33-11-9-29/h3-7,12-13,15,27-28H,8-11H2,1-2H3. The van der Waals surface area contributed by atoms with Crippen LogP contribution in [0.25, 0.3) is 16.9 Å². The molecule has 0 aliphatic carbocycles. The number of morpholine rings is 1. The molecule has 9 heteroatoms. The summed E-state index contributed by atoms with van der Waals surface area (Å²) in [5.41, 5.74) is 4.85. The molecule has 3 heterocycles. The van der Waals surface area contributed by atoms with Gasteiger partial charge in [-0.25, -0.2) is 0 Å². The largest absolute Gasteiger partial charge is 0.493 e. The summed E-state index contributed by atoms with van der Waals surface area (Å²) < 4.78 is 18.0. The summed E-state index contributed by atoms with van der Waals surface area (Å²) in [7, 11) is 3.21. The van der Waals surface area contributed by atoms with Gasteiger partial charge in [0, 0.05) is 36.1 Å². The number of imidazole rings is 1. The molecule has 2 aromatic heterocycles. The Morgan fingerprint density at radius 3 is 2.67 bits per heavy atom. The van der Waals surface area contributed by atoms with Gasteiger partial charge >= 0.3 is 0 Å². The van der Waals surface area contributed by atoms with E-state index in [-0.39, 0.29) is 0 Å².